The van der Waals surface area contributed by atoms with Crippen LogP contribution in [0.3, 0.4) is 0 Å². The first kappa shape index (κ1) is 18.8. The lowest BCUT2D eigenvalue weighted by atomic mass is 10.2. The SMILES string of the molecule is O=C(Nc1nn(Cc2ccc(Cl)c(Cl)c2)cc1Br)c1ccnn1C(F)F. The highest BCUT2D eigenvalue weighted by atomic mass is 79.9. The van der Waals surface area contributed by atoms with E-state index in [9.17, 15) is 13.6 Å². The van der Waals surface area contributed by atoms with E-state index < -0.39 is 12.5 Å². The van der Waals surface area contributed by atoms with E-state index in [4.69, 9.17) is 23.2 Å². The summed E-state index contributed by atoms with van der Waals surface area (Å²) in [6.07, 6.45) is 2.77. The van der Waals surface area contributed by atoms with Gasteiger partial charge < -0.3 is 5.32 Å². The molecule has 26 heavy (non-hydrogen) atoms. The number of alkyl halides is 2. The molecule has 1 amide bonds. The summed E-state index contributed by atoms with van der Waals surface area (Å²) in [5.74, 6) is -0.555. The van der Waals surface area contributed by atoms with Crippen LogP contribution in [0.2, 0.25) is 10.0 Å². The molecule has 3 aromatic rings. The minimum atomic E-state index is -2.92. The highest BCUT2D eigenvalue weighted by Crippen LogP contribution is 2.25. The summed E-state index contributed by atoms with van der Waals surface area (Å²) < 4.78 is 28.0. The third-order valence-corrected chi connectivity index (χ3v) is 4.68. The van der Waals surface area contributed by atoms with Crippen molar-refractivity contribution in [1.82, 2.24) is 19.6 Å². The summed E-state index contributed by atoms with van der Waals surface area (Å²) in [7, 11) is 0. The van der Waals surface area contributed by atoms with Crippen LogP contribution in [-0.2, 0) is 6.54 Å². The molecular weight excluding hydrogens is 455 g/mol. The molecule has 3 rings (SSSR count). The molecule has 2 heterocycles. The molecule has 0 bridgehead atoms. The average Bonchev–Trinajstić information content (AvgIpc) is 3.18. The van der Waals surface area contributed by atoms with Crippen LogP contribution in [0.5, 0.6) is 0 Å². The molecule has 6 nitrogen and oxygen atoms in total. The maximum Gasteiger partial charge on any atom is 0.333 e. The van der Waals surface area contributed by atoms with E-state index in [1.165, 1.54) is 6.07 Å². The number of nitrogens with one attached hydrogen (secondary N) is 1. The van der Waals surface area contributed by atoms with Gasteiger partial charge in [-0.2, -0.15) is 23.7 Å². The third kappa shape index (κ3) is 4.05. The zero-order chi connectivity index (χ0) is 18.8. The second-order valence-corrected chi connectivity index (χ2v) is 6.83. The molecule has 2 aromatic heterocycles. The van der Waals surface area contributed by atoms with E-state index >= 15 is 0 Å². The number of rotatable bonds is 5. The number of hydrogen-bond acceptors (Lipinski definition) is 3. The highest BCUT2D eigenvalue weighted by molar-refractivity contribution is 9.10. The monoisotopic (exact) mass is 463 g/mol. The molecule has 0 saturated heterocycles. The van der Waals surface area contributed by atoms with Gasteiger partial charge in [-0.15, -0.1) is 0 Å². The maximum absolute atomic E-state index is 12.8. The second kappa shape index (κ2) is 7.73. The van der Waals surface area contributed by atoms with Gasteiger partial charge in [0.1, 0.15) is 5.69 Å². The number of hydrogen-bond donors (Lipinski definition) is 1. The summed E-state index contributed by atoms with van der Waals surface area (Å²) >= 11 is 15.1. The van der Waals surface area contributed by atoms with Crippen molar-refractivity contribution in [2.75, 3.05) is 5.32 Å². The summed E-state index contributed by atoms with van der Waals surface area (Å²) in [5, 5.41) is 11.0. The van der Waals surface area contributed by atoms with Crippen molar-refractivity contribution in [3.63, 3.8) is 0 Å². The van der Waals surface area contributed by atoms with Crippen molar-refractivity contribution in [2.45, 2.75) is 13.1 Å². The van der Waals surface area contributed by atoms with E-state index in [1.54, 1.807) is 29.1 Å². The molecule has 0 spiro atoms. The van der Waals surface area contributed by atoms with Gasteiger partial charge in [-0.25, -0.2) is 0 Å². The molecule has 0 fully saturated rings. The van der Waals surface area contributed by atoms with Crippen LogP contribution in [0.25, 0.3) is 0 Å². The Hall–Kier alpha value is -1.97. The van der Waals surface area contributed by atoms with Gasteiger partial charge in [0.2, 0.25) is 0 Å². The highest BCUT2D eigenvalue weighted by Gasteiger charge is 2.20. The number of aromatic nitrogens is 4. The van der Waals surface area contributed by atoms with Gasteiger partial charge in [0.05, 0.1) is 21.1 Å². The molecule has 136 valence electrons. The molecule has 1 N–H and O–H groups in total. The van der Waals surface area contributed by atoms with E-state index in [0.29, 0.717) is 25.7 Å². The van der Waals surface area contributed by atoms with Crippen molar-refractivity contribution in [3.05, 3.63) is 62.4 Å². The van der Waals surface area contributed by atoms with Gasteiger partial charge in [0.25, 0.3) is 5.91 Å². The van der Waals surface area contributed by atoms with Crippen LogP contribution in [0.4, 0.5) is 14.6 Å². The van der Waals surface area contributed by atoms with Gasteiger partial charge in [0, 0.05) is 12.4 Å². The zero-order valence-electron chi connectivity index (χ0n) is 12.8. The normalized spacial score (nSPS) is 11.2. The van der Waals surface area contributed by atoms with E-state index in [-0.39, 0.29) is 11.5 Å². The minimum absolute atomic E-state index is 0.192. The van der Waals surface area contributed by atoms with Gasteiger partial charge in [-0.3, -0.25) is 9.48 Å². The average molecular weight is 465 g/mol. The first-order chi connectivity index (χ1) is 12.3. The Morgan fingerprint density at radius 2 is 2.04 bits per heavy atom. The molecule has 0 aliphatic rings. The quantitative estimate of drug-likeness (QED) is 0.587. The van der Waals surface area contributed by atoms with Gasteiger partial charge in [-0.1, -0.05) is 29.3 Å². The first-order valence-corrected chi connectivity index (χ1v) is 8.70. The lowest BCUT2D eigenvalue weighted by Crippen LogP contribution is -2.19. The van der Waals surface area contributed by atoms with Crippen molar-refractivity contribution in [1.29, 1.82) is 0 Å². The third-order valence-electron chi connectivity index (χ3n) is 3.37. The fourth-order valence-electron chi connectivity index (χ4n) is 2.21. The molecule has 0 unspecified atom stereocenters. The van der Waals surface area contributed by atoms with Gasteiger partial charge in [0.15, 0.2) is 5.82 Å². The Morgan fingerprint density at radius 1 is 1.27 bits per heavy atom. The molecule has 0 aliphatic heterocycles. The standard InChI is InChI=1S/C15H10BrCl2F2N5O/c16-9-7-24(6-8-1-2-10(17)11(18)5-8)23-13(9)22-14(26)12-3-4-21-25(12)15(19)20/h1-5,7,15H,6H2,(H,22,23,26). The predicted molar refractivity (Wildman–Crippen MR) is 96.9 cm³/mol. The molecule has 1 aromatic carbocycles. The van der Waals surface area contributed by atoms with Crippen LogP contribution in [-0.4, -0.2) is 25.5 Å². The topological polar surface area (TPSA) is 64.7 Å². The van der Waals surface area contributed by atoms with Crippen molar-refractivity contribution in [2.24, 2.45) is 0 Å². The van der Waals surface area contributed by atoms with Crippen LogP contribution < -0.4 is 5.32 Å². The maximum atomic E-state index is 12.8. The molecule has 0 radical (unpaired) electrons. The number of carbonyl (C=O) groups excluding carboxylic acids is 1. The largest absolute Gasteiger partial charge is 0.333 e. The van der Waals surface area contributed by atoms with Crippen LogP contribution in [0, 0.1) is 0 Å². The smallest absolute Gasteiger partial charge is 0.303 e. The zero-order valence-corrected chi connectivity index (χ0v) is 15.9. The number of halogens is 5. The Balaban J connectivity index is 1.76. The van der Waals surface area contributed by atoms with Crippen molar-refractivity contribution in [3.8, 4) is 0 Å². The van der Waals surface area contributed by atoms with E-state index in [0.717, 1.165) is 11.8 Å². The van der Waals surface area contributed by atoms with Crippen LogP contribution in [0.1, 0.15) is 22.6 Å². The van der Waals surface area contributed by atoms with Crippen LogP contribution in [0.15, 0.2) is 41.1 Å². The molecule has 11 heteroatoms. The Labute approximate surface area is 164 Å². The Bertz CT molecular complexity index is 959. The van der Waals surface area contributed by atoms with E-state index in [1.807, 2.05) is 0 Å². The predicted octanol–water partition coefficient (Wildman–Crippen LogP) is 4.84. The number of benzene rings is 1. The second-order valence-electron chi connectivity index (χ2n) is 5.16. The number of anilines is 1. The van der Waals surface area contributed by atoms with Gasteiger partial charge >= 0.3 is 6.55 Å². The Kier molecular flexibility index (Phi) is 5.59. The molecule has 0 atom stereocenters. The number of carbonyl (C=O) groups is 1. The summed E-state index contributed by atoms with van der Waals surface area (Å²) in [5.41, 5.74) is 0.578. The number of nitrogens with zero attached hydrogens (tertiary/aromatic N) is 4. The van der Waals surface area contributed by atoms with Crippen molar-refractivity contribution < 1.29 is 13.6 Å². The number of amides is 1. The van der Waals surface area contributed by atoms with E-state index in [2.05, 4.69) is 31.4 Å². The molecular formula is C15H10BrCl2F2N5O. The summed E-state index contributed by atoms with van der Waals surface area (Å²) in [4.78, 5) is 12.2. The van der Waals surface area contributed by atoms with Gasteiger partial charge in [-0.05, 0) is 39.7 Å². The Morgan fingerprint density at radius 3 is 2.73 bits per heavy atom. The van der Waals surface area contributed by atoms with Crippen molar-refractivity contribution >= 4 is 50.9 Å². The minimum Gasteiger partial charge on any atom is -0.303 e. The summed E-state index contributed by atoms with van der Waals surface area (Å²) in [6.45, 7) is -2.54. The summed E-state index contributed by atoms with van der Waals surface area (Å²) in [6, 6.07) is 6.37. The fraction of sp³-hybridized carbons (Fsp3) is 0.133. The molecule has 0 aliphatic carbocycles. The fourth-order valence-corrected chi connectivity index (χ4v) is 2.94. The lowest BCUT2D eigenvalue weighted by Gasteiger charge is -2.06. The lowest BCUT2D eigenvalue weighted by molar-refractivity contribution is 0.0520. The molecule has 0 saturated carbocycles. The first-order valence-electron chi connectivity index (χ1n) is 7.15. The van der Waals surface area contributed by atoms with Crippen LogP contribution >= 0.6 is 39.1 Å².